The Morgan fingerprint density at radius 2 is 1.72 bits per heavy atom. The van der Waals surface area contributed by atoms with E-state index in [2.05, 4.69) is 4.98 Å². The zero-order valence-electron chi connectivity index (χ0n) is 16.2. The fourth-order valence-electron chi connectivity index (χ4n) is 3.02. The number of hydrazone groups is 1. The van der Waals surface area contributed by atoms with E-state index in [1.807, 2.05) is 70.4 Å². The number of para-hydroxylation sites is 2. The number of hydrogen-bond donors (Lipinski definition) is 0. The van der Waals surface area contributed by atoms with E-state index in [1.54, 1.807) is 12.5 Å². The summed E-state index contributed by atoms with van der Waals surface area (Å²) in [6.45, 7) is 3.75. The van der Waals surface area contributed by atoms with Crippen molar-refractivity contribution in [2.75, 3.05) is 39.5 Å². The van der Waals surface area contributed by atoms with Gasteiger partial charge in [-0.3, -0.25) is 9.58 Å². The molecule has 150 valence electrons. The highest BCUT2D eigenvalue weighted by atomic mass is 16.5. The quantitative estimate of drug-likeness (QED) is 0.352. The molecule has 7 nitrogen and oxygen atoms in total. The third kappa shape index (κ3) is 5.14. The lowest BCUT2D eigenvalue weighted by molar-refractivity contribution is 0.0392. The van der Waals surface area contributed by atoms with E-state index in [0.717, 1.165) is 36.0 Å². The number of morpholine rings is 1. The van der Waals surface area contributed by atoms with Crippen LogP contribution in [0.25, 0.3) is 0 Å². The van der Waals surface area contributed by atoms with E-state index < -0.39 is 0 Å². The Kier molecular flexibility index (Phi) is 6.39. The van der Waals surface area contributed by atoms with Crippen LogP contribution in [0.2, 0.25) is 0 Å². The molecule has 0 spiro atoms. The first kappa shape index (κ1) is 19.0. The molecule has 1 aliphatic rings. The Balaban J connectivity index is 1.50. The lowest BCUT2D eigenvalue weighted by Crippen LogP contribution is -2.34. The molecule has 3 aromatic rings. The molecule has 1 aromatic heterocycles. The minimum absolute atomic E-state index is 0.431. The molecule has 1 saturated heterocycles. The molecule has 0 unspecified atom stereocenters. The largest absolute Gasteiger partial charge is 0.490 e. The summed E-state index contributed by atoms with van der Waals surface area (Å²) in [5, 5.41) is 6.89. The topological polar surface area (TPSA) is 61.1 Å². The van der Waals surface area contributed by atoms with Crippen molar-refractivity contribution < 1.29 is 14.2 Å². The first-order valence-corrected chi connectivity index (χ1v) is 9.70. The Hall–Kier alpha value is -3.32. The normalized spacial score (nSPS) is 14.6. The van der Waals surface area contributed by atoms with Crippen LogP contribution in [0.4, 0.5) is 0 Å². The van der Waals surface area contributed by atoms with Crippen molar-refractivity contribution in [1.29, 1.82) is 0 Å². The summed E-state index contributed by atoms with van der Waals surface area (Å²) >= 11 is 0. The predicted molar refractivity (Wildman–Crippen MR) is 110 cm³/mol. The van der Waals surface area contributed by atoms with E-state index >= 15 is 0 Å². The Bertz CT molecular complexity index is 907. The summed E-state index contributed by atoms with van der Waals surface area (Å²) in [4.78, 5) is 4.18. The van der Waals surface area contributed by atoms with Crippen LogP contribution < -0.4 is 9.47 Å². The number of imidazole rings is 1. The first-order chi connectivity index (χ1) is 14.4. The van der Waals surface area contributed by atoms with Gasteiger partial charge in [-0.2, -0.15) is 5.10 Å². The van der Waals surface area contributed by atoms with Gasteiger partial charge in [-0.25, -0.2) is 4.98 Å². The van der Waals surface area contributed by atoms with Gasteiger partial charge in [0, 0.05) is 12.4 Å². The van der Waals surface area contributed by atoms with Gasteiger partial charge in [0.15, 0.2) is 5.84 Å². The molecule has 29 heavy (non-hydrogen) atoms. The fraction of sp³-hybridized carbons (Fsp3) is 0.273. The average Bonchev–Trinajstić information content (AvgIpc) is 3.32. The van der Waals surface area contributed by atoms with Crippen molar-refractivity contribution in [1.82, 2.24) is 14.6 Å². The molecule has 0 aliphatic carbocycles. The standard InChI is InChI=1S/C22H24N4O3/c1-2-6-19(7-3-1)28-16-17-29-21-9-5-4-8-20(21)22(25-11-10-23-18-25)24-26-12-14-27-15-13-26/h1-11,18H,12-17H2. The number of rotatable bonds is 7. The Labute approximate surface area is 170 Å². The molecule has 7 heteroatoms. The Morgan fingerprint density at radius 1 is 0.966 bits per heavy atom. The van der Waals surface area contributed by atoms with Crippen molar-refractivity contribution in [3.63, 3.8) is 0 Å². The van der Waals surface area contributed by atoms with Crippen molar-refractivity contribution >= 4 is 5.84 Å². The fourth-order valence-corrected chi connectivity index (χ4v) is 3.02. The summed E-state index contributed by atoms with van der Waals surface area (Å²) in [5.41, 5.74) is 0.900. The number of hydrogen-bond acceptors (Lipinski definition) is 6. The maximum atomic E-state index is 6.04. The van der Waals surface area contributed by atoms with Crippen molar-refractivity contribution in [3.8, 4) is 11.5 Å². The van der Waals surface area contributed by atoms with Crippen molar-refractivity contribution in [3.05, 3.63) is 78.9 Å². The van der Waals surface area contributed by atoms with E-state index in [0.29, 0.717) is 26.4 Å². The summed E-state index contributed by atoms with van der Waals surface area (Å²) in [6, 6.07) is 17.6. The summed E-state index contributed by atoms with van der Waals surface area (Å²) in [6.07, 6.45) is 5.37. The highest BCUT2D eigenvalue weighted by Crippen LogP contribution is 2.21. The van der Waals surface area contributed by atoms with Crippen molar-refractivity contribution in [2.45, 2.75) is 0 Å². The molecule has 0 atom stereocenters. The number of nitrogens with zero attached hydrogens (tertiary/aromatic N) is 4. The second kappa shape index (κ2) is 9.75. The van der Waals surface area contributed by atoms with Gasteiger partial charge in [-0.05, 0) is 24.3 Å². The molecule has 0 amide bonds. The SMILES string of the molecule is c1ccc(OCCOc2ccccc2C(=NN2CCOCC2)n2ccnc2)cc1. The van der Waals surface area contributed by atoms with Gasteiger partial charge in [0.25, 0.3) is 0 Å². The predicted octanol–water partition coefficient (Wildman–Crippen LogP) is 2.88. The molecule has 0 saturated carbocycles. The third-order valence-electron chi connectivity index (χ3n) is 4.45. The van der Waals surface area contributed by atoms with Gasteiger partial charge >= 0.3 is 0 Å². The van der Waals surface area contributed by atoms with Gasteiger partial charge in [0.2, 0.25) is 0 Å². The maximum absolute atomic E-state index is 6.04. The second-order valence-corrected chi connectivity index (χ2v) is 6.47. The van der Waals surface area contributed by atoms with Crippen LogP contribution in [0.1, 0.15) is 5.56 Å². The maximum Gasteiger partial charge on any atom is 0.169 e. The summed E-state index contributed by atoms with van der Waals surface area (Å²) in [5.74, 6) is 2.35. The average molecular weight is 392 g/mol. The van der Waals surface area contributed by atoms with Crippen molar-refractivity contribution in [2.24, 2.45) is 5.10 Å². The molecular formula is C22H24N4O3. The smallest absolute Gasteiger partial charge is 0.169 e. The number of benzene rings is 2. The van der Waals surface area contributed by atoms with E-state index in [4.69, 9.17) is 19.3 Å². The molecule has 2 aromatic carbocycles. The second-order valence-electron chi connectivity index (χ2n) is 6.47. The van der Waals surface area contributed by atoms with Gasteiger partial charge in [0.05, 0.1) is 31.9 Å². The zero-order chi connectivity index (χ0) is 19.7. The van der Waals surface area contributed by atoms with Crippen LogP contribution in [-0.4, -0.2) is 59.9 Å². The molecule has 4 rings (SSSR count). The summed E-state index contributed by atoms with van der Waals surface area (Å²) in [7, 11) is 0. The van der Waals surface area contributed by atoms with Crippen LogP contribution in [-0.2, 0) is 4.74 Å². The van der Waals surface area contributed by atoms with Crippen LogP contribution in [0.5, 0.6) is 11.5 Å². The van der Waals surface area contributed by atoms with Crippen LogP contribution in [0.3, 0.4) is 0 Å². The van der Waals surface area contributed by atoms with E-state index in [-0.39, 0.29) is 0 Å². The minimum atomic E-state index is 0.431. The summed E-state index contributed by atoms with van der Waals surface area (Å²) < 4.78 is 19.1. The van der Waals surface area contributed by atoms with Crippen LogP contribution in [0.15, 0.2) is 78.4 Å². The molecule has 0 radical (unpaired) electrons. The molecular weight excluding hydrogens is 368 g/mol. The minimum Gasteiger partial charge on any atom is -0.490 e. The van der Waals surface area contributed by atoms with Gasteiger partial charge < -0.3 is 14.2 Å². The van der Waals surface area contributed by atoms with Crippen LogP contribution in [0, 0.1) is 0 Å². The van der Waals surface area contributed by atoms with Gasteiger partial charge in [-0.1, -0.05) is 30.3 Å². The molecule has 2 heterocycles. The Morgan fingerprint density at radius 3 is 2.52 bits per heavy atom. The molecule has 1 fully saturated rings. The molecule has 0 bridgehead atoms. The number of aromatic nitrogens is 2. The monoisotopic (exact) mass is 392 g/mol. The zero-order valence-corrected chi connectivity index (χ0v) is 16.2. The lowest BCUT2D eigenvalue weighted by Gasteiger charge is -2.25. The molecule has 1 aliphatic heterocycles. The lowest BCUT2D eigenvalue weighted by atomic mass is 10.2. The highest BCUT2D eigenvalue weighted by molar-refractivity contribution is 6.02. The molecule has 0 N–H and O–H groups in total. The highest BCUT2D eigenvalue weighted by Gasteiger charge is 2.16. The third-order valence-corrected chi connectivity index (χ3v) is 4.45. The van der Waals surface area contributed by atoms with E-state index in [1.165, 1.54) is 0 Å². The van der Waals surface area contributed by atoms with Gasteiger partial charge in [-0.15, -0.1) is 0 Å². The number of ether oxygens (including phenoxy) is 3. The van der Waals surface area contributed by atoms with Gasteiger partial charge in [0.1, 0.15) is 31.0 Å². The first-order valence-electron chi connectivity index (χ1n) is 9.70. The van der Waals surface area contributed by atoms with E-state index in [9.17, 15) is 0 Å². The van der Waals surface area contributed by atoms with Crippen LogP contribution >= 0.6 is 0 Å².